The molecule has 0 aliphatic carbocycles. The van der Waals surface area contributed by atoms with Crippen molar-refractivity contribution >= 4 is 22.6 Å². The average molecular weight is 413 g/mol. The van der Waals surface area contributed by atoms with Crippen molar-refractivity contribution in [2.75, 3.05) is 5.32 Å². The van der Waals surface area contributed by atoms with E-state index < -0.39 is 23.5 Å². The molecule has 0 aliphatic heterocycles. The van der Waals surface area contributed by atoms with Gasteiger partial charge in [0.1, 0.15) is 5.82 Å². The number of hydrogen-bond acceptors (Lipinski definition) is 2. The van der Waals surface area contributed by atoms with Crippen LogP contribution in [0, 0.1) is 5.82 Å². The molecular formula is C22H15F4N3O. The van der Waals surface area contributed by atoms with Crippen molar-refractivity contribution in [3.8, 4) is 0 Å². The number of carbonyl (C=O) groups is 1. The highest BCUT2D eigenvalue weighted by Gasteiger charge is 2.35. The lowest BCUT2D eigenvalue weighted by atomic mass is 10.1. The van der Waals surface area contributed by atoms with Gasteiger partial charge in [0, 0.05) is 10.9 Å². The van der Waals surface area contributed by atoms with Gasteiger partial charge in [0.2, 0.25) is 0 Å². The van der Waals surface area contributed by atoms with Crippen LogP contribution in [0.3, 0.4) is 0 Å². The molecule has 0 unspecified atom stereocenters. The molecule has 0 aliphatic rings. The molecule has 0 atom stereocenters. The second-order valence-corrected chi connectivity index (χ2v) is 6.65. The highest BCUT2D eigenvalue weighted by molar-refractivity contribution is 6.08. The summed E-state index contributed by atoms with van der Waals surface area (Å²) in [5.74, 6) is -0.913. The Labute approximate surface area is 168 Å². The van der Waals surface area contributed by atoms with Crippen LogP contribution in [0.1, 0.15) is 21.5 Å². The van der Waals surface area contributed by atoms with E-state index in [0.29, 0.717) is 11.1 Å². The highest BCUT2D eigenvalue weighted by atomic mass is 19.4. The second-order valence-electron chi connectivity index (χ2n) is 6.65. The second kappa shape index (κ2) is 7.62. The van der Waals surface area contributed by atoms with Gasteiger partial charge in [-0.15, -0.1) is 0 Å². The van der Waals surface area contributed by atoms with Crippen LogP contribution in [-0.2, 0) is 12.7 Å². The molecule has 0 saturated carbocycles. The average Bonchev–Trinajstić information content (AvgIpc) is 3.07. The smallest absolute Gasteiger partial charge is 0.305 e. The minimum absolute atomic E-state index is 0.0204. The van der Waals surface area contributed by atoms with Crippen LogP contribution in [0.5, 0.6) is 0 Å². The zero-order chi connectivity index (χ0) is 21.3. The maximum atomic E-state index is 13.6. The highest BCUT2D eigenvalue weighted by Crippen LogP contribution is 2.37. The number of nitrogens with one attached hydrogen (secondary N) is 1. The summed E-state index contributed by atoms with van der Waals surface area (Å²) in [7, 11) is 0. The molecule has 30 heavy (non-hydrogen) atoms. The Morgan fingerprint density at radius 3 is 2.30 bits per heavy atom. The molecule has 1 N–H and O–H groups in total. The Morgan fingerprint density at radius 1 is 0.933 bits per heavy atom. The van der Waals surface area contributed by atoms with E-state index in [-0.39, 0.29) is 23.3 Å². The van der Waals surface area contributed by atoms with Crippen molar-refractivity contribution < 1.29 is 22.4 Å². The third-order valence-electron chi connectivity index (χ3n) is 4.59. The van der Waals surface area contributed by atoms with Crippen LogP contribution in [0.15, 0.2) is 72.8 Å². The van der Waals surface area contributed by atoms with Gasteiger partial charge in [-0.3, -0.25) is 9.48 Å². The van der Waals surface area contributed by atoms with Crippen LogP contribution in [-0.4, -0.2) is 15.7 Å². The topological polar surface area (TPSA) is 46.9 Å². The van der Waals surface area contributed by atoms with Crippen molar-refractivity contribution in [3.63, 3.8) is 0 Å². The van der Waals surface area contributed by atoms with Gasteiger partial charge in [-0.25, -0.2) is 4.39 Å². The largest absolute Gasteiger partial charge is 0.418 e. The lowest BCUT2D eigenvalue weighted by Gasteiger charge is -2.11. The van der Waals surface area contributed by atoms with Gasteiger partial charge in [0.25, 0.3) is 5.91 Å². The monoisotopic (exact) mass is 413 g/mol. The van der Waals surface area contributed by atoms with Crippen LogP contribution >= 0.6 is 0 Å². The minimum atomic E-state index is -4.61. The number of carbonyl (C=O) groups excluding carboxylic acids is 1. The fraction of sp³-hybridized carbons (Fsp3) is 0.0909. The zero-order valence-corrected chi connectivity index (χ0v) is 15.4. The summed E-state index contributed by atoms with van der Waals surface area (Å²) in [6.45, 7) is -0.0227. The third-order valence-corrected chi connectivity index (χ3v) is 4.59. The summed E-state index contributed by atoms with van der Waals surface area (Å²) in [4.78, 5) is 12.5. The lowest BCUT2D eigenvalue weighted by molar-refractivity contribution is -0.136. The van der Waals surface area contributed by atoms with E-state index >= 15 is 0 Å². The van der Waals surface area contributed by atoms with Crippen molar-refractivity contribution in [1.82, 2.24) is 9.78 Å². The first kappa shape index (κ1) is 19.6. The summed E-state index contributed by atoms with van der Waals surface area (Å²) in [5, 5.41) is 7.00. The number of halogens is 4. The molecule has 0 radical (unpaired) electrons. The van der Waals surface area contributed by atoms with Crippen molar-refractivity contribution in [2.24, 2.45) is 0 Å². The normalized spacial score (nSPS) is 11.6. The maximum absolute atomic E-state index is 13.6. The molecule has 4 rings (SSSR count). The molecule has 0 bridgehead atoms. The van der Waals surface area contributed by atoms with E-state index in [4.69, 9.17) is 0 Å². The molecule has 1 aromatic heterocycles. The lowest BCUT2D eigenvalue weighted by Crippen LogP contribution is -2.13. The molecule has 0 fully saturated rings. The molecule has 8 heteroatoms. The summed E-state index contributed by atoms with van der Waals surface area (Å²) in [6, 6.07) is 17.4. The van der Waals surface area contributed by atoms with Crippen molar-refractivity contribution in [3.05, 3.63) is 95.3 Å². The number of fused-ring (bicyclic) bond motifs is 1. The van der Waals surface area contributed by atoms with Gasteiger partial charge in [-0.05, 0) is 42.0 Å². The Kier molecular flexibility index (Phi) is 4.99. The van der Waals surface area contributed by atoms with Crippen LogP contribution < -0.4 is 5.32 Å². The number of alkyl halides is 3. The number of nitrogens with zero attached hydrogens (tertiary/aromatic N) is 2. The van der Waals surface area contributed by atoms with Gasteiger partial charge >= 0.3 is 6.18 Å². The van der Waals surface area contributed by atoms with Crippen LogP contribution in [0.4, 0.5) is 23.4 Å². The Hall–Kier alpha value is -3.68. The van der Waals surface area contributed by atoms with Crippen molar-refractivity contribution in [2.45, 2.75) is 12.7 Å². The van der Waals surface area contributed by atoms with Gasteiger partial charge < -0.3 is 5.32 Å². The maximum Gasteiger partial charge on any atom is 0.418 e. The predicted octanol–water partition coefficient (Wildman–Crippen LogP) is 5.49. The molecule has 152 valence electrons. The number of para-hydroxylation sites is 1. The van der Waals surface area contributed by atoms with Gasteiger partial charge in [0.05, 0.1) is 17.6 Å². The quantitative estimate of drug-likeness (QED) is 0.450. The first-order valence-corrected chi connectivity index (χ1v) is 9.00. The van der Waals surface area contributed by atoms with Gasteiger partial charge in [0.15, 0.2) is 5.82 Å². The molecule has 0 spiro atoms. The third kappa shape index (κ3) is 3.89. The molecule has 0 saturated heterocycles. The summed E-state index contributed by atoms with van der Waals surface area (Å²) in [6.07, 6.45) is -4.61. The molecular weight excluding hydrogens is 398 g/mol. The summed E-state index contributed by atoms with van der Waals surface area (Å²) in [5.41, 5.74) is -0.100. The predicted molar refractivity (Wildman–Crippen MR) is 105 cm³/mol. The van der Waals surface area contributed by atoms with E-state index in [1.165, 1.54) is 41.1 Å². The van der Waals surface area contributed by atoms with Crippen LogP contribution in [0.25, 0.3) is 10.9 Å². The number of benzene rings is 3. The van der Waals surface area contributed by atoms with E-state index in [0.717, 1.165) is 6.07 Å². The molecule has 1 heterocycles. The zero-order valence-electron chi connectivity index (χ0n) is 15.4. The van der Waals surface area contributed by atoms with Crippen LogP contribution in [0.2, 0.25) is 0 Å². The molecule has 4 aromatic rings. The molecule has 3 aromatic carbocycles. The number of anilines is 1. The SMILES string of the molecule is O=C(Nc1nn(Cc2ccc(F)cc2)c2c(C(F)(F)F)cccc12)c1ccccc1. The van der Waals surface area contributed by atoms with Gasteiger partial charge in [-0.1, -0.05) is 36.4 Å². The molecule has 4 nitrogen and oxygen atoms in total. The van der Waals surface area contributed by atoms with E-state index in [1.54, 1.807) is 30.3 Å². The summed E-state index contributed by atoms with van der Waals surface area (Å²) >= 11 is 0. The van der Waals surface area contributed by atoms with E-state index in [2.05, 4.69) is 10.4 Å². The number of amides is 1. The fourth-order valence-corrected chi connectivity index (χ4v) is 3.20. The molecule has 1 amide bonds. The Morgan fingerprint density at radius 2 is 1.63 bits per heavy atom. The number of aromatic nitrogens is 2. The van der Waals surface area contributed by atoms with E-state index in [9.17, 15) is 22.4 Å². The van der Waals surface area contributed by atoms with E-state index in [1.807, 2.05) is 0 Å². The first-order valence-electron chi connectivity index (χ1n) is 9.00. The number of rotatable bonds is 4. The summed E-state index contributed by atoms with van der Waals surface area (Å²) < 4.78 is 55.3. The Bertz CT molecular complexity index is 1200. The first-order chi connectivity index (χ1) is 14.3. The van der Waals surface area contributed by atoms with Gasteiger partial charge in [-0.2, -0.15) is 18.3 Å². The fourth-order valence-electron chi connectivity index (χ4n) is 3.20. The standard InChI is InChI=1S/C22H15F4N3O/c23-16-11-9-14(10-12-16)13-29-19-17(7-4-8-18(19)22(24,25)26)20(28-29)27-21(30)15-5-2-1-3-6-15/h1-12H,13H2,(H,27,28,30). The van der Waals surface area contributed by atoms with Crippen molar-refractivity contribution in [1.29, 1.82) is 0 Å². The Balaban J connectivity index is 1.81. The minimum Gasteiger partial charge on any atom is -0.305 e. The number of hydrogen-bond donors (Lipinski definition) is 1.